The number of halogens is 1. The van der Waals surface area contributed by atoms with E-state index in [0.29, 0.717) is 22.3 Å². The minimum atomic E-state index is -0.573. The van der Waals surface area contributed by atoms with Crippen molar-refractivity contribution in [1.82, 2.24) is 9.97 Å². The lowest BCUT2D eigenvalue weighted by molar-refractivity contribution is 0.0987. The molecule has 3 N–H and O–H groups in total. The average Bonchev–Trinajstić information content (AvgIpc) is 2.83. The van der Waals surface area contributed by atoms with Crippen LogP contribution in [0.15, 0.2) is 67.0 Å². The third kappa shape index (κ3) is 4.71. The molecule has 0 fully saturated rings. The molecule has 172 valence electrons. The van der Waals surface area contributed by atoms with E-state index in [1.54, 1.807) is 18.2 Å². The third-order valence-electron chi connectivity index (χ3n) is 5.57. The zero-order chi connectivity index (χ0) is 24.2. The van der Waals surface area contributed by atoms with E-state index >= 15 is 0 Å². The lowest BCUT2D eigenvalue weighted by atomic mass is 9.99. The van der Waals surface area contributed by atoms with Gasteiger partial charge in [-0.1, -0.05) is 30.3 Å². The van der Waals surface area contributed by atoms with Crippen molar-refractivity contribution in [3.63, 3.8) is 0 Å². The van der Waals surface area contributed by atoms with E-state index in [9.17, 15) is 14.0 Å². The summed E-state index contributed by atoms with van der Waals surface area (Å²) in [6.45, 7) is 1.96. The van der Waals surface area contributed by atoms with Gasteiger partial charge in [0.25, 0.3) is 5.91 Å². The van der Waals surface area contributed by atoms with Crippen molar-refractivity contribution >= 4 is 28.4 Å². The minimum absolute atomic E-state index is 0.0960. The smallest absolute Gasteiger partial charge is 0.250 e. The molecular weight excluding hydrogens is 435 g/mol. The number of hydrogen-bond donors (Lipinski definition) is 2. The van der Waals surface area contributed by atoms with Gasteiger partial charge in [0, 0.05) is 23.4 Å². The van der Waals surface area contributed by atoms with Gasteiger partial charge in [-0.3, -0.25) is 9.59 Å². The van der Waals surface area contributed by atoms with Crippen LogP contribution in [0.2, 0.25) is 0 Å². The number of nitrogens with one attached hydrogen (secondary N) is 1. The number of benzene rings is 3. The van der Waals surface area contributed by atoms with Crippen molar-refractivity contribution in [3.8, 4) is 5.75 Å². The summed E-state index contributed by atoms with van der Waals surface area (Å²) in [5, 5.41) is 4.03. The first-order chi connectivity index (χ1) is 16.4. The molecule has 3 aromatic carbocycles. The van der Waals surface area contributed by atoms with E-state index in [1.165, 1.54) is 25.6 Å². The largest absolute Gasteiger partial charge is 0.494 e. The van der Waals surface area contributed by atoms with Crippen LogP contribution in [0.4, 0.5) is 10.2 Å². The molecule has 34 heavy (non-hydrogen) atoms. The molecule has 0 spiro atoms. The predicted octanol–water partition coefficient (Wildman–Crippen LogP) is 4.47. The summed E-state index contributed by atoms with van der Waals surface area (Å²) in [6.07, 6.45) is 1.51. The van der Waals surface area contributed by atoms with Crippen molar-refractivity contribution in [3.05, 3.63) is 95.1 Å². The molecule has 0 aliphatic rings. The standard InChI is InChI=1S/C26H23FN4O3/c1-15(31-26-20-8-4-7-19(25(28)33)24(20)29-14-30-26)17-6-3-5-16(11-17)12-22(32)18-9-10-23(34-2)21(27)13-18/h3-11,13-15H,12H2,1-2H3,(H2,28,33)(H,29,30,31)/t15-/m0/s1. The van der Waals surface area contributed by atoms with E-state index in [2.05, 4.69) is 15.3 Å². The van der Waals surface area contributed by atoms with Crippen molar-refractivity contribution in [1.29, 1.82) is 0 Å². The Bertz CT molecular complexity index is 1390. The molecule has 0 saturated heterocycles. The molecule has 0 unspecified atom stereocenters. The molecule has 4 aromatic rings. The second kappa shape index (κ2) is 9.66. The van der Waals surface area contributed by atoms with E-state index < -0.39 is 11.7 Å². The molecule has 0 aliphatic carbocycles. The Labute approximate surface area is 195 Å². The van der Waals surface area contributed by atoms with Crippen molar-refractivity contribution < 1.29 is 18.7 Å². The summed E-state index contributed by atoms with van der Waals surface area (Å²) in [6, 6.07) is 16.8. The Morgan fingerprint density at radius 2 is 1.88 bits per heavy atom. The molecule has 1 atom stereocenters. The number of nitrogens with zero attached hydrogens (tertiary/aromatic N) is 2. The number of amides is 1. The molecular formula is C26H23FN4O3. The van der Waals surface area contributed by atoms with Gasteiger partial charge < -0.3 is 15.8 Å². The molecule has 7 nitrogen and oxygen atoms in total. The molecule has 0 saturated carbocycles. The third-order valence-corrected chi connectivity index (χ3v) is 5.57. The van der Waals surface area contributed by atoms with Crippen LogP contribution in [0.3, 0.4) is 0 Å². The number of para-hydroxylation sites is 1. The quantitative estimate of drug-likeness (QED) is 0.377. The summed E-state index contributed by atoms with van der Waals surface area (Å²) in [5.41, 5.74) is 8.29. The first-order valence-corrected chi connectivity index (χ1v) is 10.6. The number of ether oxygens (including phenoxy) is 1. The number of hydrogen-bond acceptors (Lipinski definition) is 6. The predicted molar refractivity (Wildman–Crippen MR) is 128 cm³/mol. The van der Waals surface area contributed by atoms with E-state index in [0.717, 1.165) is 11.1 Å². The van der Waals surface area contributed by atoms with Crippen LogP contribution in [-0.2, 0) is 6.42 Å². The number of ketones is 1. The fourth-order valence-electron chi connectivity index (χ4n) is 3.79. The highest BCUT2D eigenvalue weighted by Gasteiger charge is 2.15. The Morgan fingerprint density at radius 1 is 1.09 bits per heavy atom. The zero-order valence-corrected chi connectivity index (χ0v) is 18.7. The van der Waals surface area contributed by atoms with E-state index in [4.69, 9.17) is 10.5 Å². The van der Waals surface area contributed by atoms with Gasteiger partial charge in [0.1, 0.15) is 12.1 Å². The molecule has 1 amide bonds. The van der Waals surface area contributed by atoms with E-state index in [1.807, 2.05) is 37.3 Å². The first kappa shape index (κ1) is 22.8. The summed E-state index contributed by atoms with van der Waals surface area (Å²) in [4.78, 5) is 33.0. The van der Waals surface area contributed by atoms with Gasteiger partial charge in [-0.25, -0.2) is 14.4 Å². The lowest BCUT2D eigenvalue weighted by Crippen LogP contribution is -2.13. The van der Waals surface area contributed by atoms with Crippen molar-refractivity contribution in [2.24, 2.45) is 5.73 Å². The number of rotatable bonds is 8. The van der Waals surface area contributed by atoms with Crippen molar-refractivity contribution in [2.45, 2.75) is 19.4 Å². The van der Waals surface area contributed by atoms with Gasteiger partial charge in [0.05, 0.1) is 18.2 Å². The molecule has 1 aromatic heterocycles. The maximum absolute atomic E-state index is 14.0. The second-order valence-corrected chi connectivity index (χ2v) is 7.85. The zero-order valence-electron chi connectivity index (χ0n) is 18.7. The monoisotopic (exact) mass is 458 g/mol. The average molecular weight is 458 g/mol. The Balaban J connectivity index is 1.54. The second-order valence-electron chi connectivity index (χ2n) is 7.85. The lowest BCUT2D eigenvalue weighted by Gasteiger charge is -2.17. The Kier molecular flexibility index (Phi) is 6.49. The summed E-state index contributed by atoms with van der Waals surface area (Å²) in [5.74, 6) is -0.663. The van der Waals surface area contributed by atoms with Crippen LogP contribution >= 0.6 is 0 Å². The van der Waals surface area contributed by atoms with Crippen molar-refractivity contribution in [2.75, 3.05) is 12.4 Å². The molecule has 8 heteroatoms. The van der Waals surface area contributed by atoms with Gasteiger partial charge in [-0.2, -0.15) is 0 Å². The van der Waals surface area contributed by atoms with Crippen LogP contribution in [-0.4, -0.2) is 28.8 Å². The van der Waals surface area contributed by atoms with Crippen LogP contribution < -0.4 is 15.8 Å². The number of anilines is 1. The maximum atomic E-state index is 14.0. The number of methoxy groups -OCH3 is 1. The van der Waals surface area contributed by atoms with Gasteiger partial charge in [-0.15, -0.1) is 0 Å². The highest BCUT2D eigenvalue weighted by atomic mass is 19.1. The first-order valence-electron chi connectivity index (χ1n) is 10.6. The van der Waals surface area contributed by atoms with Gasteiger partial charge in [-0.05, 0) is 48.4 Å². The number of nitrogens with two attached hydrogens (primary N) is 1. The SMILES string of the molecule is COc1ccc(C(=O)Cc2cccc([C@H](C)Nc3ncnc4c(C(N)=O)cccc34)c2)cc1F. The summed E-state index contributed by atoms with van der Waals surface area (Å²) in [7, 11) is 1.38. The van der Waals surface area contributed by atoms with Gasteiger partial charge in [0.2, 0.25) is 0 Å². The number of aromatic nitrogens is 2. The molecule has 0 radical (unpaired) electrons. The number of Topliss-reactive ketones (excluding diaryl/α,β-unsaturated/α-hetero) is 1. The normalized spacial score (nSPS) is 11.7. The van der Waals surface area contributed by atoms with E-state index in [-0.39, 0.29) is 29.6 Å². The number of primary amides is 1. The Hall–Kier alpha value is -4.33. The summed E-state index contributed by atoms with van der Waals surface area (Å²) < 4.78 is 18.9. The van der Waals surface area contributed by atoms with Gasteiger partial charge in [0.15, 0.2) is 17.3 Å². The molecule has 1 heterocycles. The fourth-order valence-corrected chi connectivity index (χ4v) is 3.79. The minimum Gasteiger partial charge on any atom is -0.494 e. The van der Waals surface area contributed by atoms with Crippen LogP contribution in [0.25, 0.3) is 10.9 Å². The maximum Gasteiger partial charge on any atom is 0.250 e. The molecule has 0 aliphatic heterocycles. The molecule has 4 rings (SSSR count). The van der Waals surface area contributed by atoms with Crippen LogP contribution in [0.5, 0.6) is 5.75 Å². The number of carbonyl (C=O) groups excluding carboxylic acids is 2. The highest BCUT2D eigenvalue weighted by Crippen LogP contribution is 2.26. The topological polar surface area (TPSA) is 107 Å². The summed E-state index contributed by atoms with van der Waals surface area (Å²) >= 11 is 0. The number of fused-ring (bicyclic) bond motifs is 1. The fraction of sp³-hybridized carbons (Fsp3) is 0.154. The highest BCUT2D eigenvalue weighted by molar-refractivity contribution is 6.06. The van der Waals surface area contributed by atoms with Gasteiger partial charge >= 0.3 is 0 Å². The van der Waals surface area contributed by atoms with Crippen LogP contribution in [0, 0.1) is 5.82 Å². The van der Waals surface area contributed by atoms with Crippen LogP contribution in [0.1, 0.15) is 44.8 Å². The Morgan fingerprint density at radius 3 is 2.62 bits per heavy atom. The molecule has 0 bridgehead atoms. The number of carbonyl (C=O) groups is 2.